The molecule has 0 unspecified atom stereocenters. The van der Waals surface area contributed by atoms with E-state index in [2.05, 4.69) is 13.2 Å². The first-order valence-electron chi connectivity index (χ1n) is 6.81. The van der Waals surface area contributed by atoms with Crippen molar-refractivity contribution in [3.8, 4) is 11.5 Å². The first-order valence-corrected chi connectivity index (χ1v) is 6.81. The van der Waals surface area contributed by atoms with Gasteiger partial charge in [0.05, 0.1) is 0 Å². The monoisotopic (exact) mass is 324 g/mol. The molecule has 1 aromatic rings. The number of aromatic hydroxyl groups is 2. The molecular formula is C17H24O6. The number of carbonyl (C=O) groups is 2. The quantitative estimate of drug-likeness (QED) is 0.499. The summed E-state index contributed by atoms with van der Waals surface area (Å²) >= 11 is 0. The second kappa shape index (κ2) is 11.9. The fourth-order valence-electron chi connectivity index (χ4n) is 1.05. The zero-order chi connectivity index (χ0) is 18.6. The molecule has 4 N–H and O–H groups in total. The molecule has 1 aromatic carbocycles. The minimum Gasteiger partial charge on any atom is -0.504 e. The number of aryl methyl sites for hydroxylation is 1. The van der Waals surface area contributed by atoms with Crippen molar-refractivity contribution in [3.63, 3.8) is 0 Å². The van der Waals surface area contributed by atoms with E-state index in [9.17, 15) is 14.7 Å². The molecule has 0 atom stereocenters. The third-order valence-corrected chi connectivity index (χ3v) is 2.35. The normalized spacial score (nSPS) is 8.65. The van der Waals surface area contributed by atoms with Gasteiger partial charge in [0, 0.05) is 11.1 Å². The van der Waals surface area contributed by atoms with Crippen LogP contribution < -0.4 is 0 Å². The van der Waals surface area contributed by atoms with Crippen LogP contribution >= 0.6 is 0 Å². The van der Waals surface area contributed by atoms with Crippen LogP contribution in [0.2, 0.25) is 0 Å². The number of phenols is 2. The van der Waals surface area contributed by atoms with Crippen molar-refractivity contribution in [1.29, 1.82) is 0 Å². The van der Waals surface area contributed by atoms with Gasteiger partial charge in [0.2, 0.25) is 0 Å². The number of para-hydroxylation sites is 1. The lowest BCUT2D eigenvalue weighted by atomic mass is 10.1. The number of carboxylic acids is 2. The van der Waals surface area contributed by atoms with E-state index in [1.54, 1.807) is 6.07 Å². The highest BCUT2D eigenvalue weighted by atomic mass is 16.4. The van der Waals surface area contributed by atoms with Crippen LogP contribution in [0.15, 0.2) is 42.5 Å². The molecule has 0 amide bonds. The fraction of sp³-hybridized carbons (Fsp3) is 0.294. The summed E-state index contributed by atoms with van der Waals surface area (Å²) in [6, 6.07) is 5.03. The summed E-state index contributed by atoms with van der Waals surface area (Å²) in [6.07, 6.45) is 1.78. The van der Waals surface area contributed by atoms with Crippen molar-refractivity contribution in [2.24, 2.45) is 0 Å². The highest BCUT2D eigenvalue weighted by Gasteiger charge is 2.03. The third kappa shape index (κ3) is 11.6. The van der Waals surface area contributed by atoms with Crippen LogP contribution in [-0.2, 0) is 16.0 Å². The molecule has 0 aromatic heterocycles. The van der Waals surface area contributed by atoms with Crippen LogP contribution in [0.3, 0.4) is 0 Å². The Morgan fingerprint density at radius 3 is 1.70 bits per heavy atom. The largest absolute Gasteiger partial charge is 0.504 e. The van der Waals surface area contributed by atoms with E-state index >= 15 is 0 Å². The van der Waals surface area contributed by atoms with E-state index in [1.165, 1.54) is 19.9 Å². The molecule has 0 bridgehead atoms. The molecule has 0 radical (unpaired) electrons. The highest BCUT2D eigenvalue weighted by molar-refractivity contribution is 5.85. The number of benzene rings is 1. The molecule has 6 nitrogen and oxygen atoms in total. The summed E-state index contributed by atoms with van der Waals surface area (Å²) < 4.78 is 0. The number of hydrogen-bond acceptors (Lipinski definition) is 4. The van der Waals surface area contributed by atoms with Gasteiger partial charge in [-0.1, -0.05) is 38.6 Å². The highest BCUT2D eigenvalue weighted by Crippen LogP contribution is 2.28. The van der Waals surface area contributed by atoms with Crippen molar-refractivity contribution in [2.75, 3.05) is 0 Å². The maximum Gasteiger partial charge on any atom is 0.330 e. The van der Waals surface area contributed by atoms with Crippen LogP contribution in [0.1, 0.15) is 32.8 Å². The van der Waals surface area contributed by atoms with Crippen LogP contribution in [-0.4, -0.2) is 32.4 Å². The lowest BCUT2D eigenvalue weighted by Gasteiger charge is -2.03. The van der Waals surface area contributed by atoms with E-state index in [0.717, 1.165) is 18.4 Å². The van der Waals surface area contributed by atoms with Crippen molar-refractivity contribution < 1.29 is 30.0 Å². The second-order valence-corrected chi connectivity index (χ2v) is 4.71. The topological polar surface area (TPSA) is 115 Å². The Bertz CT molecular complexity index is 512. The molecule has 0 saturated heterocycles. The Hall–Kier alpha value is -2.76. The molecule has 0 aliphatic carbocycles. The molecule has 6 heteroatoms. The van der Waals surface area contributed by atoms with Crippen molar-refractivity contribution in [3.05, 3.63) is 48.1 Å². The van der Waals surface area contributed by atoms with Crippen LogP contribution in [0.5, 0.6) is 11.5 Å². The Morgan fingerprint density at radius 1 is 1.00 bits per heavy atom. The number of carboxylic acid groups (broad SMARTS) is 2. The van der Waals surface area contributed by atoms with Gasteiger partial charge in [-0.05, 0) is 31.9 Å². The molecule has 0 aliphatic rings. The van der Waals surface area contributed by atoms with Crippen molar-refractivity contribution >= 4 is 11.9 Å². The molecule has 0 aliphatic heterocycles. The summed E-state index contributed by atoms with van der Waals surface area (Å²) in [5, 5.41) is 34.1. The zero-order valence-electron chi connectivity index (χ0n) is 13.7. The van der Waals surface area contributed by atoms with E-state index in [1.807, 2.05) is 13.0 Å². The van der Waals surface area contributed by atoms with Gasteiger partial charge in [0.1, 0.15) is 0 Å². The second-order valence-electron chi connectivity index (χ2n) is 4.71. The summed E-state index contributed by atoms with van der Waals surface area (Å²) in [7, 11) is 0. The Kier molecular flexibility index (Phi) is 11.6. The van der Waals surface area contributed by atoms with Gasteiger partial charge in [0.15, 0.2) is 11.5 Å². The average molecular weight is 324 g/mol. The Balaban J connectivity index is 0. The number of phenolic OH excluding ortho intramolecular Hbond substituents is 2. The SMILES string of the molecule is C=C(C)C(=O)O.C=C(C)C(=O)O.CCCc1cccc(O)c1O. The van der Waals surface area contributed by atoms with Crippen LogP contribution in [0.25, 0.3) is 0 Å². The summed E-state index contributed by atoms with van der Waals surface area (Å²) in [6.45, 7) is 11.2. The van der Waals surface area contributed by atoms with Gasteiger partial charge in [-0.3, -0.25) is 0 Å². The van der Waals surface area contributed by atoms with Gasteiger partial charge in [-0.15, -0.1) is 0 Å². The first-order chi connectivity index (χ1) is 10.5. The van der Waals surface area contributed by atoms with Crippen LogP contribution in [0.4, 0.5) is 0 Å². The molecule has 128 valence electrons. The van der Waals surface area contributed by atoms with Crippen molar-refractivity contribution in [2.45, 2.75) is 33.6 Å². The minimum atomic E-state index is -0.935. The average Bonchev–Trinajstić information content (AvgIpc) is 2.45. The fourth-order valence-corrected chi connectivity index (χ4v) is 1.05. The standard InChI is InChI=1S/C9H12O2.2C4H6O2/c1-2-4-7-5-3-6-8(10)9(7)11;2*1-3(2)4(5)6/h3,5-6,10-11H,2,4H2,1H3;2*1H2,2H3,(H,5,6). The lowest BCUT2D eigenvalue weighted by Crippen LogP contribution is -1.92. The van der Waals surface area contributed by atoms with E-state index in [0.29, 0.717) is 0 Å². The number of hydrogen-bond donors (Lipinski definition) is 4. The van der Waals surface area contributed by atoms with Gasteiger partial charge >= 0.3 is 11.9 Å². The Labute approximate surface area is 136 Å². The van der Waals surface area contributed by atoms with E-state index < -0.39 is 11.9 Å². The van der Waals surface area contributed by atoms with Gasteiger partial charge in [-0.2, -0.15) is 0 Å². The predicted octanol–water partition coefficient (Wildman–Crippen LogP) is 3.34. The van der Waals surface area contributed by atoms with Crippen LogP contribution in [0, 0.1) is 0 Å². The smallest absolute Gasteiger partial charge is 0.330 e. The van der Waals surface area contributed by atoms with Gasteiger partial charge < -0.3 is 20.4 Å². The zero-order valence-corrected chi connectivity index (χ0v) is 13.7. The molecule has 0 spiro atoms. The van der Waals surface area contributed by atoms with Gasteiger partial charge in [-0.25, -0.2) is 9.59 Å². The summed E-state index contributed by atoms with van der Waals surface area (Å²) in [4.78, 5) is 19.2. The number of aliphatic carboxylic acids is 2. The molecular weight excluding hydrogens is 300 g/mol. The van der Waals surface area contributed by atoms with Crippen molar-refractivity contribution in [1.82, 2.24) is 0 Å². The Morgan fingerprint density at radius 2 is 1.39 bits per heavy atom. The van der Waals surface area contributed by atoms with E-state index in [-0.39, 0.29) is 22.6 Å². The molecule has 23 heavy (non-hydrogen) atoms. The van der Waals surface area contributed by atoms with Gasteiger partial charge in [0.25, 0.3) is 0 Å². The third-order valence-electron chi connectivity index (χ3n) is 2.35. The number of rotatable bonds is 4. The maximum atomic E-state index is 9.60. The summed E-state index contributed by atoms with van der Waals surface area (Å²) in [5.74, 6) is -1.88. The molecule has 0 fully saturated rings. The maximum absolute atomic E-state index is 9.60. The minimum absolute atomic E-state index is 0.0225. The van der Waals surface area contributed by atoms with E-state index in [4.69, 9.17) is 15.3 Å². The molecule has 0 heterocycles. The lowest BCUT2D eigenvalue weighted by molar-refractivity contribution is -0.133. The molecule has 0 saturated carbocycles. The first kappa shape index (κ1) is 22.5. The molecule has 1 rings (SSSR count). The predicted molar refractivity (Wildman–Crippen MR) is 88.7 cm³/mol. The summed E-state index contributed by atoms with van der Waals surface area (Å²) in [5.41, 5.74) is 1.16.